The predicted octanol–water partition coefficient (Wildman–Crippen LogP) is 4.44. The first-order valence-corrected chi connectivity index (χ1v) is 8.18. The molecule has 4 rings (SSSR count). The Kier molecular flexibility index (Phi) is 3.79. The summed E-state index contributed by atoms with van der Waals surface area (Å²) in [5.74, 6) is -0.513. The van der Waals surface area contributed by atoms with Crippen LogP contribution < -0.4 is 0 Å². The zero-order chi connectivity index (χ0) is 16.7. The highest BCUT2D eigenvalue weighted by Crippen LogP contribution is 2.35. The van der Waals surface area contributed by atoms with Gasteiger partial charge < -0.3 is 4.74 Å². The Hall–Kier alpha value is -2.29. The number of halogens is 2. The summed E-state index contributed by atoms with van der Waals surface area (Å²) in [4.78, 5) is 0. The van der Waals surface area contributed by atoms with Gasteiger partial charge in [0.15, 0.2) is 5.82 Å². The van der Waals surface area contributed by atoms with Crippen molar-refractivity contribution in [2.45, 2.75) is 25.5 Å². The highest BCUT2D eigenvalue weighted by Gasteiger charge is 2.20. The Labute approximate surface area is 143 Å². The number of rotatable bonds is 2. The smallest absolute Gasteiger partial charge is 0.167 e. The van der Waals surface area contributed by atoms with Crippen LogP contribution in [-0.2, 0) is 4.74 Å². The average Bonchev–Trinajstić information content (AvgIpc) is 3.23. The summed E-state index contributed by atoms with van der Waals surface area (Å²) in [6.45, 7) is 0.750. The molecule has 0 amide bonds. The number of benzene rings is 1. The fraction of sp³-hybridized carbons (Fsp3) is 0.278. The third-order valence-corrected chi connectivity index (χ3v) is 4.65. The molecule has 1 atom stereocenters. The number of nitrogens with zero attached hydrogens (tertiary/aromatic N) is 3. The van der Waals surface area contributed by atoms with Gasteiger partial charge in [-0.2, -0.15) is 5.10 Å². The normalized spacial score (nSPS) is 18.0. The van der Waals surface area contributed by atoms with E-state index in [1.807, 2.05) is 10.9 Å². The quantitative estimate of drug-likeness (QED) is 0.644. The van der Waals surface area contributed by atoms with Crippen molar-refractivity contribution >= 4 is 22.5 Å². The molecule has 4 nitrogen and oxygen atoms in total. The number of hydrogen-bond donors (Lipinski definition) is 0. The third kappa shape index (κ3) is 2.39. The third-order valence-electron chi connectivity index (χ3n) is 4.36. The van der Waals surface area contributed by atoms with E-state index in [0.717, 1.165) is 37.0 Å². The molecule has 1 fully saturated rings. The molecular weight excluding hydrogens is 329 g/mol. The van der Waals surface area contributed by atoms with Crippen molar-refractivity contribution < 1.29 is 9.13 Å². The zero-order valence-corrected chi connectivity index (χ0v) is 13.6. The fourth-order valence-electron chi connectivity index (χ4n) is 3.15. The predicted molar refractivity (Wildman–Crippen MR) is 91.2 cm³/mol. The second-order valence-corrected chi connectivity index (χ2v) is 6.24. The molecule has 2 aromatic heterocycles. The lowest BCUT2D eigenvalue weighted by Crippen LogP contribution is -2.18. The van der Waals surface area contributed by atoms with Crippen LogP contribution >= 0.6 is 11.6 Å². The second-order valence-electron chi connectivity index (χ2n) is 5.83. The maximum Gasteiger partial charge on any atom is 0.167 e. The van der Waals surface area contributed by atoms with Gasteiger partial charge in [0, 0.05) is 41.6 Å². The van der Waals surface area contributed by atoms with Gasteiger partial charge in [-0.3, -0.25) is 4.57 Å². The van der Waals surface area contributed by atoms with Crippen molar-refractivity contribution in [1.82, 2.24) is 14.3 Å². The maximum absolute atomic E-state index is 14.4. The van der Waals surface area contributed by atoms with E-state index in [1.165, 1.54) is 10.6 Å². The van der Waals surface area contributed by atoms with Crippen molar-refractivity contribution in [3.05, 3.63) is 41.6 Å². The first kappa shape index (κ1) is 15.3. The van der Waals surface area contributed by atoms with E-state index in [4.69, 9.17) is 22.8 Å². The van der Waals surface area contributed by atoms with Crippen LogP contribution in [0.1, 0.15) is 25.5 Å². The van der Waals surface area contributed by atoms with Gasteiger partial charge in [0.2, 0.25) is 0 Å². The zero-order valence-electron chi connectivity index (χ0n) is 12.9. The average molecular weight is 344 g/mol. The van der Waals surface area contributed by atoms with E-state index in [0.29, 0.717) is 10.9 Å². The Bertz CT molecular complexity index is 947. The Morgan fingerprint density at radius 3 is 2.96 bits per heavy atom. The van der Waals surface area contributed by atoms with Gasteiger partial charge in [-0.05, 0) is 25.3 Å². The van der Waals surface area contributed by atoms with Gasteiger partial charge in [0.05, 0.1) is 16.7 Å². The lowest BCUT2D eigenvalue weighted by atomic mass is 10.1. The van der Waals surface area contributed by atoms with E-state index in [9.17, 15) is 4.39 Å². The molecule has 1 unspecified atom stereocenters. The van der Waals surface area contributed by atoms with E-state index in [2.05, 4.69) is 11.1 Å². The van der Waals surface area contributed by atoms with Crippen LogP contribution in [0.4, 0.5) is 4.39 Å². The molecule has 3 aromatic rings. The molecular formula is C18H15ClFN3O. The first-order chi connectivity index (χ1) is 11.7. The topological polar surface area (TPSA) is 32.0 Å². The van der Waals surface area contributed by atoms with Crippen LogP contribution in [0.3, 0.4) is 0 Å². The monoisotopic (exact) mass is 343 g/mol. The minimum Gasteiger partial charge on any atom is -0.357 e. The van der Waals surface area contributed by atoms with Crippen LogP contribution in [0.25, 0.3) is 22.0 Å². The number of fused-ring (bicyclic) bond motifs is 1. The molecule has 0 saturated carbocycles. The van der Waals surface area contributed by atoms with Gasteiger partial charge in [-0.15, -0.1) is 0 Å². The number of ether oxygens (including phenoxy) is 1. The molecule has 0 aliphatic carbocycles. The second kappa shape index (κ2) is 5.97. The summed E-state index contributed by atoms with van der Waals surface area (Å²) in [5.41, 5.74) is 1.99. The largest absolute Gasteiger partial charge is 0.357 e. The van der Waals surface area contributed by atoms with E-state index < -0.39 is 5.82 Å². The highest BCUT2D eigenvalue weighted by molar-refractivity contribution is 6.31. The first-order valence-electron chi connectivity index (χ1n) is 7.81. The molecule has 0 spiro atoms. The molecule has 122 valence electrons. The van der Waals surface area contributed by atoms with Crippen molar-refractivity contribution in [2.24, 2.45) is 0 Å². The van der Waals surface area contributed by atoms with Crippen LogP contribution in [0, 0.1) is 18.3 Å². The number of terminal acetylenes is 1. The van der Waals surface area contributed by atoms with Gasteiger partial charge in [0.25, 0.3) is 0 Å². The van der Waals surface area contributed by atoms with Crippen LogP contribution in [0.15, 0.2) is 30.7 Å². The minimum absolute atomic E-state index is 0.0420. The molecule has 0 bridgehead atoms. The Morgan fingerprint density at radius 1 is 1.33 bits per heavy atom. The molecule has 3 heterocycles. The molecule has 0 radical (unpaired) electrons. The summed E-state index contributed by atoms with van der Waals surface area (Å²) >= 11 is 5.89. The van der Waals surface area contributed by atoms with Crippen molar-refractivity contribution in [2.75, 3.05) is 6.61 Å². The van der Waals surface area contributed by atoms with Crippen LogP contribution in [-0.4, -0.2) is 21.0 Å². The van der Waals surface area contributed by atoms with Crippen molar-refractivity contribution in [1.29, 1.82) is 0 Å². The Balaban J connectivity index is 1.81. The van der Waals surface area contributed by atoms with Crippen molar-refractivity contribution in [3.8, 4) is 23.6 Å². The lowest BCUT2D eigenvalue weighted by Gasteiger charge is -2.22. The van der Waals surface area contributed by atoms with Gasteiger partial charge in [0.1, 0.15) is 6.23 Å². The lowest BCUT2D eigenvalue weighted by molar-refractivity contribution is -0.0394. The molecule has 6 heteroatoms. The SMILES string of the molecule is C#Cn1cc(-c2cnn(C3CCCCO3)c2)c2ccc(Cl)c(F)c21. The standard InChI is InChI=1S/C18H15ClFN3O/c1-2-22-11-14(13-6-7-15(19)17(20)18(13)22)12-9-21-23(10-12)16-5-3-4-8-24-16/h1,6-7,9-11,16H,3-5,8H2. The summed E-state index contributed by atoms with van der Waals surface area (Å²) in [7, 11) is 0. The molecule has 1 aliphatic heterocycles. The summed E-state index contributed by atoms with van der Waals surface area (Å²) < 4.78 is 23.4. The minimum atomic E-state index is -0.513. The molecule has 0 N–H and O–H groups in total. The van der Waals surface area contributed by atoms with E-state index in [-0.39, 0.29) is 11.3 Å². The molecule has 1 aromatic carbocycles. The van der Waals surface area contributed by atoms with Crippen molar-refractivity contribution in [3.63, 3.8) is 0 Å². The Morgan fingerprint density at radius 2 is 2.21 bits per heavy atom. The van der Waals surface area contributed by atoms with Gasteiger partial charge in [-0.25, -0.2) is 9.07 Å². The van der Waals surface area contributed by atoms with Gasteiger partial charge in [-0.1, -0.05) is 24.1 Å². The number of hydrogen-bond acceptors (Lipinski definition) is 2. The molecule has 1 saturated heterocycles. The summed E-state index contributed by atoms with van der Waals surface area (Å²) in [5, 5.41) is 5.17. The van der Waals surface area contributed by atoms with E-state index >= 15 is 0 Å². The van der Waals surface area contributed by atoms with Crippen LogP contribution in [0.2, 0.25) is 5.02 Å². The van der Waals surface area contributed by atoms with Crippen LogP contribution in [0.5, 0.6) is 0 Å². The number of aromatic nitrogens is 3. The highest BCUT2D eigenvalue weighted by atomic mass is 35.5. The molecule has 24 heavy (non-hydrogen) atoms. The maximum atomic E-state index is 14.4. The summed E-state index contributed by atoms with van der Waals surface area (Å²) in [6.07, 6.45) is 14.0. The van der Waals surface area contributed by atoms with Gasteiger partial charge >= 0.3 is 0 Å². The fourth-order valence-corrected chi connectivity index (χ4v) is 3.31. The summed E-state index contributed by atoms with van der Waals surface area (Å²) in [6, 6.07) is 5.78. The molecule has 1 aliphatic rings. The van der Waals surface area contributed by atoms with E-state index in [1.54, 1.807) is 18.5 Å².